The second-order valence-corrected chi connectivity index (χ2v) is 8.14. The summed E-state index contributed by atoms with van der Waals surface area (Å²) < 4.78 is 5.26. The van der Waals surface area contributed by atoms with Gasteiger partial charge < -0.3 is 9.64 Å². The Hall–Kier alpha value is -3.74. The average Bonchev–Trinajstić information content (AvgIpc) is 3.28. The minimum atomic E-state index is 0.0885. The fourth-order valence-corrected chi connectivity index (χ4v) is 4.55. The number of likely N-dealkylation sites (tertiary alicyclic amines) is 1. The third-order valence-corrected chi connectivity index (χ3v) is 6.37. The molecule has 1 aliphatic rings. The van der Waals surface area contributed by atoms with E-state index in [0.717, 1.165) is 52.1 Å². The Bertz CT molecular complexity index is 1260. The molecule has 0 aliphatic carbocycles. The van der Waals surface area contributed by atoms with Crippen molar-refractivity contribution in [3.8, 4) is 16.9 Å². The van der Waals surface area contributed by atoms with Crippen LogP contribution in [0.15, 0.2) is 54.9 Å². The highest BCUT2D eigenvalue weighted by Gasteiger charge is 2.28. The molecule has 1 amide bonds. The van der Waals surface area contributed by atoms with Gasteiger partial charge in [-0.15, -0.1) is 0 Å². The standard InChI is InChI=1S/C25H25N5O2/c1-16-20(17-6-8-19(32-2)9-7-17)4-3-5-21(16)25(31)30-14-10-18(11-15-30)22-23-24(29-28-22)27-13-12-26-23/h3-9,12-13,18H,10-11,14-15H2,1-2H3,(H,27,28,29). The summed E-state index contributed by atoms with van der Waals surface area (Å²) in [5, 5.41) is 7.38. The van der Waals surface area contributed by atoms with Crippen molar-refractivity contribution in [2.75, 3.05) is 20.2 Å². The fraction of sp³-hybridized carbons (Fsp3) is 0.280. The van der Waals surface area contributed by atoms with Crippen molar-refractivity contribution in [2.45, 2.75) is 25.7 Å². The molecule has 7 heteroatoms. The Kier molecular flexibility index (Phi) is 5.31. The number of benzene rings is 2. The topological polar surface area (TPSA) is 84.0 Å². The third-order valence-electron chi connectivity index (χ3n) is 6.37. The summed E-state index contributed by atoms with van der Waals surface area (Å²) in [6.07, 6.45) is 5.09. The van der Waals surface area contributed by atoms with E-state index in [9.17, 15) is 4.79 Å². The maximum absolute atomic E-state index is 13.4. The number of hydrogen-bond donors (Lipinski definition) is 1. The van der Waals surface area contributed by atoms with Crippen LogP contribution in [0.1, 0.15) is 40.4 Å². The van der Waals surface area contributed by atoms with E-state index >= 15 is 0 Å². The number of methoxy groups -OCH3 is 1. The third kappa shape index (κ3) is 3.60. The monoisotopic (exact) mass is 427 g/mol. The van der Waals surface area contributed by atoms with Gasteiger partial charge >= 0.3 is 0 Å². The van der Waals surface area contributed by atoms with Crippen molar-refractivity contribution < 1.29 is 9.53 Å². The molecule has 1 saturated heterocycles. The van der Waals surface area contributed by atoms with E-state index in [0.29, 0.717) is 24.7 Å². The van der Waals surface area contributed by atoms with Gasteiger partial charge in [0.1, 0.15) is 11.3 Å². The molecule has 1 aliphatic heterocycles. The Morgan fingerprint density at radius 1 is 1.06 bits per heavy atom. The molecule has 0 atom stereocenters. The van der Waals surface area contributed by atoms with Gasteiger partial charge in [-0.3, -0.25) is 9.89 Å². The minimum Gasteiger partial charge on any atom is -0.497 e. The number of nitrogens with one attached hydrogen (secondary N) is 1. The minimum absolute atomic E-state index is 0.0885. The van der Waals surface area contributed by atoms with Crippen LogP contribution in [0.4, 0.5) is 0 Å². The average molecular weight is 428 g/mol. The number of carbonyl (C=O) groups excluding carboxylic acids is 1. The number of aromatic nitrogens is 4. The summed E-state index contributed by atoms with van der Waals surface area (Å²) in [4.78, 5) is 24.0. The lowest BCUT2D eigenvalue weighted by Crippen LogP contribution is -2.38. The van der Waals surface area contributed by atoms with Gasteiger partial charge in [-0.05, 0) is 54.7 Å². The zero-order valence-corrected chi connectivity index (χ0v) is 18.2. The molecule has 162 valence electrons. The quantitative estimate of drug-likeness (QED) is 0.523. The molecule has 3 heterocycles. The fourth-order valence-electron chi connectivity index (χ4n) is 4.55. The predicted octanol–water partition coefficient (Wildman–Crippen LogP) is 4.36. The number of piperidine rings is 1. The van der Waals surface area contributed by atoms with Gasteiger partial charge in [0, 0.05) is 37.0 Å². The van der Waals surface area contributed by atoms with Gasteiger partial charge in [0.2, 0.25) is 0 Å². The van der Waals surface area contributed by atoms with Crippen molar-refractivity contribution >= 4 is 17.1 Å². The molecule has 2 aromatic carbocycles. The van der Waals surface area contributed by atoms with Gasteiger partial charge in [-0.1, -0.05) is 24.3 Å². The van der Waals surface area contributed by atoms with Gasteiger partial charge in [-0.25, -0.2) is 9.97 Å². The molecule has 5 rings (SSSR count). The van der Waals surface area contributed by atoms with Crippen LogP contribution in [-0.4, -0.2) is 51.2 Å². The maximum Gasteiger partial charge on any atom is 0.254 e. The van der Waals surface area contributed by atoms with E-state index in [1.165, 1.54) is 0 Å². The molecule has 0 unspecified atom stereocenters. The van der Waals surface area contributed by atoms with Crippen LogP contribution >= 0.6 is 0 Å². The molecular formula is C25H25N5O2. The van der Waals surface area contributed by atoms with Crippen molar-refractivity contribution in [3.63, 3.8) is 0 Å². The second kappa shape index (κ2) is 8.42. The Labute approximate surface area is 186 Å². The lowest BCUT2D eigenvalue weighted by molar-refractivity contribution is 0.0711. The molecule has 0 saturated carbocycles. The first-order chi connectivity index (χ1) is 15.7. The lowest BCUT2D eigenvalue weighted by Gasteiger charge is -2.32. The molecule has 0 radical (unpaired) electrons. The summed E-state index contributed by atoms with van der Waals surface area (Å²) >= 11 is 0. The summed E-state index contributed by atoms with van der Waals surface area (Å²) in [5.74, 6) is 1.20. The molecule has 32 heavy (non-hydrogen) atoms. The first-order valence-electron chi connectivity index (χ1n) is 10.8. The van der Waals surface area contributed by atoms with Crippen molar-refractivity contribution in [2.24, 2.45) is 0 Å². The highest BCUT2D eigenvalue weighted by atomic mass is 16.5. The number of carbonyl (C=O) groups is 1. The Balaban J connectivity index is 1.33. The summed E-state index contributed by atoms with van der Waals surface area (Å²) in [5.41, 5.74) is 6.40. The van der Waals surface area contributed by atoms with E-state index < -0.39 is 0 Å². The van der Waals surface area contributed by atoms with Gasteiger partial charge in [-0.2, -0.15) is 5.10 Å². The lowest BCUT2D eigenvalue weighted by atomic mass is 9.91. The largest absolute Gasteiger partial charge is 0.497 e. The van der Waals surface area contributed by atoms with Crippen molar-refractivity contribution in [3.05, 3.63) is 71.7 Å². The number of H-pyrrole nitrogens is 1. The number of fused-ring (bicyclic) bond motifs is 1. The van der Waals surface area contributed by atoms with Crippen LogP contribution in [0.25, 0.3) is 22.3 Å². The van der Waals surface area contributed by atoms with Gasteiger partial charge in [0.25, 0.3) is 5.91 Å². The Morgan fingerprint density at radius 2 is 1.81 bits per heavy atom. The number of amides is 1. The van der Waals surface area contributed by atoms with Crippen LogP contribution in [0, 0.1) is 6.92 Å². The number of aromatic amines is 1. The van der Waals surface area contributed by atoms with E-state index in [2.05, 4.69) is 26.2 Å². The normalized spacial score (nSPS) is 14.6. The molecule has 1 fully saturated rings. The summed E-state index contributed by atoms with van der Waals surface area (Å²) in [6, 6.07) is 13.9. The van der Waals surface area contributed by atoms with Crippen LogP contribution in [0.2, 0.25) is 0 Å². The van der Waals surface area contributed by atoms with Crippen molar-refractivity contribution in [1.29, 1.82) is 0 Å². The molecule has 4 aromatic rings. The van der Waals surface area contributed by atoms with E-state index in [1.54, 1.807) is 19.5 Å². The molecule has 2 aromatic heterocycles. The first kappa shape index (κ1) is 20.2. The SMILES string of the molecule is COc1ccc(-c2cccc(C(=O)N3CCC(c4[nH]nc5nccnc45)CC3)c2C)cc1. The summed E-state index contributed by atoms with van der Waals surface area (Å²) in [6.45, 7) is 3.43. The van der Waals surface area contributed by atoms with E-state index in [-0.39, 0.29) is 5.91 Å². The zero-order chi connectivity index (χ0) is 22.1. The van der Waals surface area contributed by atoms with Crippen LogP contribution in [0.5, 0.6) is 5.75 Å². The molecule has 0 spiro atoms. The molecular weight excluding hydrogens is 402 g/mol. The maximum atomic E-state index is 13.4. The summed E-state index contributed by atoms with van der Waals surface area (Å²) in [7, 11) is 1.66. The zero-order valence-electron chi connectivity index (χ0n) is 18.2. The van der Waals surface area contributed by atoms with E-state index in [4.69, 9.17) is 4.74 Å². The molecule has 1 N–H and O–H groups in total. The van der Waals surface area contributed by atoms with Crippen molar-refractivity contribution in [1.82, 2.24) is 25.1 Å². The Morgan fingerprint density at radius 3 is 2.56 bits per heavy atom. The number of hydrogen-bond acceptors (Lipinski definition) is 5. The number of rotatable bonds is 4. The number of ether oxygens (including phenoxy) is 1. The smallest absolute Gasteiger partial charge is 0.254 e. The predicted molar refractivity (Wildman–Crippen MR) is 123 cm³/mol. The highest BCUT2D eigenvalue weighted by Crippen LogP contribution is 2.32. The van der Waals surface area contributed by atoms with Gasteiger partial charge in [0.15, 0.2) is 5.65 Å². The molecule has 7 nitrogen and oxygen atoms in total. The van der Waals surface area contributed by atoms with Crippen LogP contribution < -0.4 is 4.74 Å². The highest BCUT2D eigenvalue weighted by molar-refractivity contribution is 5.97. The first-order valence-corrected chi connectivity index (χ1v) is 10.8. The van der Waals surface area contributed by atoms with Crippen LogP contribution in [0.3, 0.4) is 0 Å². The molecule has 0 bridgehead atoms. The number of nitrogens with zero attached hydrogens (tertiary/aromatic N) is 4. The van der Waals surface area contributed by atoms with Gasteiger partial charge in [0.05, 0.1) is 12.8 Å². The second-order valence-electron chi connectivity index (χ2n) is 8.14. The van der Waals surface area contributed by atoms with Crippen LogP contribution in [-0.2, 0) is 0 Å². The van der Waals surface area contributed by atoms with E-state index in [1.807, 2.05) is 48.2 Å².